The Kier molecular flexibility index (Phi) is 8.35. The van der Waals surface area contributed by atoms with Crippen molar-refractivity contribution in [1.82, 2.24) is 14.9 Å². The molecule has 1 aliphatic heterocycles. The second-order valence-electron chi connectivity index (χ2n) is 8.14. The molecule has 0 spiro atoms. The van der Waals surface area contributed by atoms with E-state index in [4.69, 9.17) is 15.5 Å². The molecule has 1 saturated carbocycles. The number of nitrogens with zero attached hydrogens (tertiary/aromatic N) is 2. The summed E-state index contributed by atoms with van der Waals surface area (Å²) in [6.45, 7) is 3.70. The van der Waals surface area contributed by atoms with Crippen molar-refractivity contribution in [2.45, 2.75) is 57.1 Å². The lowest BCUT2D eigenvalue weighted by atomic mass is 9.82. The Bertz CT molecular complexity index is 820. The van der Waals surface area contributed by atoms with Crippen molar-refractivity contribution in [2.75, 3.05) is 20.2 Å². The van der Waals surface area contributed by atoms with Crippen LogP contribution < -0.4 is 5.73 Å². The Morgan fingerprint density at radius 3 is 2.55 bits per heavy atom. The molecular weight excluding hydrogens is 411 g/mol. The lowest BCUT2D eigenvalue weighted by Gasteiger charge is -2.37. The Balaban J connectivity index is 0.00000150. The van der Waals surface area contributed by atoms with E-state index in [-0.39, 0.29) is 48.8 Å². The van der Waals surface area contributed by atoms with Gasteiger partial charge in [-0.2, -0.15) is 0 Å². The molecule has 2 aliphatic rings. The number of amides is 1. The van der Waals surface area contributed by atoms with E-state index in [1.54, 1.807) is 7.11 Å². The van der Waals surface area contributed by atoms with Gasteiger partial charge in [-0.15, -0.1) is 24.8 Å². The van der Waals surface area contributed by atoms with Gasteiger partial charge >= 0.3 is 0 Å². The summed E-state index contributed by atoms with van der Waals surface area (Å²) in [4.78, 5) is 23.3. The van der Waals surface area contributed by atoms with Crippen LogP contribution in [0.2, 0.25) is 0 Å². The highest BCUT2D eigenvalue weighted by Gasteiger charge is 2.35. The van der Waals surface area contributed by atoms with Gasteiger partial charge < -0.3 is 20.4 Å². The van der Waals surface area contributed by atoms with Gasteiger partial charge in [0.1, 0.15) is 5.82 Å². The lowest BCUT2D eigenvalue weighted by Crippen LogP contribution is -2.48. The zero-order chi connectivity index (χ0) is 19.0. The number of benzene rings is 1. The Hall–Kier alpha value is -1.34. The smallest absolute Gasteiger partial charge is 0.225 e. The highest BCUT2D eigenvalue weighted by Crippen LogP contribution is 2.32. The summed E-state index contributed by atoms with van der Waals surface area (Å²) in [5.41, 5.74) is 9.55. The van der Waals surface area contributed by atoms with E-state index >= 15 is 0 Å². The van der Waals surface area contributed by atoms with Gasteiger partial charge in [-0.3, -0.25) is 4.79 Å². The number of aryl methyl sites for hydroxylation is 1. The number of piperidine rings is 1. The van der Waals surface area contributed by atoms with Crippen LogP contribution in [0.25, 0.3) is 11.0 Å². The second kappa shape index (κ2) is 10.1. The summed E-state index contributed by atoms with van der Waals surface area (Å²) in [5.74, 6) is 1.79. The number of ether oxygens (including phenoxy) is 1. The molecule has 0 unspecified atom stereocenters. The number of halogens is 2. The van der Waals surface area contributed by atoms with Gasteiger partial charge in [0.05, 0.1) is 17.1 Å². The molecule has 1 aromatic carbocycles. The number of para-hydroxylation sites is 1. The molecule has 2 fully saturated rings. The fraction of sp³-hybridized carbons (Fsp3) is 0.619. The van der Waals surface area contributed by atoms with Gasteiger partial charge in [0.15, 0.2) is 0 Å². The third-order valence-electron chi connectivity index (χ3n) is 6.41. The molecule has 0 bridgehead atoms. The number of H-pyrrole nitrogens is 1. The Morgan fingerprint density at radius 1 is 1.21 bits per heavy atom. The van der Waals surface area contributed by atoms with Gasteiger partial charge in [0.25, 0.3) is 0 Å². The van der Waals surface area contributed by atoms with Crippen molar-refractivity contribution in [2.24, 2.45) is 11.7 Å². The molecule has 2 heterocycles. The molecule has 3 atom stereocenters. The highest BCUT2D eigenvalue weighted by molar-refractivity contribution is 5.85. The maximum absolute atomic E-state index is 12.9. The summed E-state index contributed by atoms with van der Waals surface area (Å²) in [6.07, 6.45) is 4.52. The van der Waals surface area contributed by atoms with Crippen molar-refractivity contribution in [3.05, 3.63) is 29.6 Å². The minimum absolute atomic E-state index is 0. The number of aromatic nitrogens is 2. The van der Waals surface area contributed by atoms with E-state index < -0.39 is 0 Å². The highest BCUT2D eigenvalue weighted by atomic mass is 35.5. The summed E-state index contributed by atoms with van der Waals surface area (Å²) in [7, 11) is 1.71. The van der Waals surface area contributed by atoms with Crippen LogP contribution in [-0.2, 0) is 9.53 Å². The number of hydrogen-bond acceptors (Lipinski definition) is 4. The fourth-order valence-corrected chi connectivity index (χ4v) is 4.71. The number of likely N-dealkylation sites (tertiary alicyclic amines) is 1. The maximum atomic E-state index is 12.9. The first-order valence-electron chi connectivity index (χ1n) is 10.1. The molecule has 162 valence electrons. The molecular formula is C21H32Cl2N4O2. The minimum atomic E-state index is -0.0333. The molecule has 1 aliphatic carbocycles. The van der Waals surface area contributed by atoms with Crippen LogP contribution in [0.5, 0.6) is 0 Å². The molecule has 1 aromatic heterocycles. The van der Waals surface area contributed by atoms with Crippen LogP contribution in [0.15, 0.2) is 18.2 Å². The molecule has 1 amide bonds. The normalized spacial score (nSPS) is 25.3. The number of hydrogen-bond donors (Lipinski definition) is 2. The number of nitrogens with two attached hydrogens (primary N) is 1. The van der Waals surface area contributed by atoms with Gasteiger partial charge in [-0.25, -0.2) is 4.98 Å². The number of methoxy groups -OCH3 is 1. The summed E-state index contributed by atoms with van der Waals surface area (Å²) < 4.78 is 5.41. The van der Waals surface area contributed by atoms with Gasteiger partial charge in [0.2, 0.25) is 5.91 Å². The Morgan fingerprint density at radius 2 is 1.93 bits per heavy atom. The molecule has 6 nitrogen and oxygen atoms in total. The molecule has 8 heteroatoms. The standard InChI is InChI=1S/C21H30N4O2.2ClH/c1-13-4-3-5-17-19(13)24-20(23-17)14-8-10-25(11-9-14)21(26)15-6-7-18(27-2)16(22)12-15;;/h3-5,14-16,18H,6-12,22H2,1-2H3,(H,23,24);2*1H/t15-,16+,18+;;/m0../s1. The molecule has 1 saturated heterocycles. The van der Waals surface area contributed by atoms with Crippen molar-refractivity contribution in [3.63, 3.8) is 0 Å². The SMILES string of the molecule is CO[C@@H]1CC[C@H](C(=O)N2CCC(c3nc4c(C)cccc4[nH]3)CC2)C[C@H]1N.Cl.Cl. The summed E-state index contributed by atoms with van der Waals surface area (Å²) in [5, 5.41) is 0. The van der Waals surface area contributed by atoms with Crippen LogP contribution in [0.1, 0.15) is 49.4 Å². The quantitative estimate of drug-likeness (QED) is 0.760. The number of carbonyl (C=O) groups excluding carboxylic acids is 1. The largest absolute Gasteiger partial charge is 0.380 e. The van der Waals surface area contributed by atoms with Crippen molar-refractivity contribution < 1.29 is 9.53 Å². The third kappa shape index (κ3) is 4.88. The predicted molar refractivity (Wildman–Crippen MR) is 120 cm³/mol. The van der Waals surface area contributed by atoms with Crippen LogP contribution in [0.3, 0.4) is 0 Å². The van der Waals surface area contributed by atoms with Gasteiger partial charge in [-0.05, 0) is 50.7 Å². The first-order chi connectivity index (χ1) is 13.1. The molecule has 3 N–H and O–H groups in total. The van der Waals surface area contributed by atoms with Crippen LogP contribution >= 0.6 is 24.8 Å². The van der Waals surface area contributed by atoms with E-state index in [0.717, 1.165) is 62.1 Å². The number of carbonyl (C=O) groups is 1. The molecule has 29 heavy (non-hydrogen) atoms. The molecule has 2 aromatic rings. The van der Waals surface area contributed by atoms with Crippen molar-refractivity contribution in [1.29, 1.82) is 0 Å². The number of aromatic amines is 1. The van der Waals surface area contributed by atoms with Crippen LogP contribution in [-0.4, -0.2) is 53.1 Å². The van der Waals surface area contributed by atoms with E-state index in [9.17, 15) is 4.79 Å². The number of nitrogens with one attached hydrogen (secondary N) is 1. The average Bonchev–Trinajstić information content (AvgIpc) is 3.13. The van der Waals surface area contributed by atoms with Gasteiger partial charge in [0, 0.05) is 38.1 Å². The Labute approximate surface area is 184 Å². The first-order valence-corrected chi connectivity index (χ1v) is 10.1. The average molecular weight is 443 g/mol. The summed E-state index contributed by atoms with van der Waals surface area (Å²) in [6, 6.07) is 6.20. The zero-order valence-corrected chi connectivity index (χ0v) is 18.7. The summed E-state index contributed by atoms with van der Waals surface area (Å²) >= 11 is 0. The number of imidazole rings is 1. The third-order valence-corrected chi connectivity index (χ3v) is 6.41. The predicted octanol–water partition coefficient (Wildman–Crippen LogP) is 3.56. The van der Waals surface area contributed by atoms with Crippen LogP contribution in [0, 0.1) is 12.8 Å². The number of fused-ring (bicyclic) bond motifs is 1. The number of rotatable bonds is 3. The van der Waals surface area contributed by atoms with E-state index in [1.807, 2.05) is 4.90 Å². The van der Waals surface area contributed by atoms with Crippen molar-refractivity contribution in [3.8, 4) is 0 Å². The van der Waals surface area contributed by atoms with E-state index in [1.165, 1.54) is 5.56 Å². The topological polar surface area (TPSA) is 84.2 Å². The van der Waals surface area contributed by atoms with Crippen molar-refractivity contribution >= 4 is 41.8 Å². The minimum Gasteiger partial charge on any atom is -0.380 e. The molecule has 4 rings (SSSR count). The van der Waals surface area contributed by atoms with E-state index in [2.05, 4.69) is 30.1 Å². The first kappa shape index (κ1) is 23.9. The van der Waals surface area contributed by atoms with Crippen LogP contribution in [0.4, 0.5) is 0 Å². The monoisotopic (exact) mass is 442 g/mol. The second-order valence-corrected chi connectivity index (χ2v) is 8.14. The van der Waals surface area contributed by atoms with E-state index in [0.29, 0.717) is 5.92 Å². The zero-order valence-electron chi connectivity index (χ0n) is 17.1. The maximum Gasteiger partial charge on any atom is 0.225 e. The molecule has 0 radical (unpaired) electrons. The fourth-order valence-electron chi connectivity index (χ4n) is 4.71. The lowest BCUT2D eigenvalue weighted by molar-refractivity contribution is -0.138. The van der Waals surface area contributed by atoms with Gasteiger partial charge in [-0.1, -0.05) is 12.1 Å².